The fraction of sp³-hybridized carbons (Fsp3) is 0.167. The van der Waals surface area contributed by atoms with Crippen LogP contribution in [0.5, 0.6) is 0 Å². The van der Waals surface area contributed by atoms with Gasteiger partial charge in [0.1, 0.15) is 11.5 Å². The Kier molecular flexibility index (Phi) is 3.24. The van der Waals surface area contributed by atoms with Gasteiger partial charge in [-0.1, -0.05) is 11.6 Å². The van der Waals surface area contributed by atoms with Gasteiger partial charge in [0.15, 0.2) is 5.78 Å². The molecule has 3 nitrogen and oxygen atoms in total. The zero-order valence-corrected chi connectivity index (χ0v) is 9.91. The predicted octanol–water partition coefficient (Wildman–Crippen LogP) is 2.64. The van der Waals surface area contributed by atoms with Crippen molar-refractivity contribution in [1.29, 1.82) is 0 Å². The molecular formula is C12H10ClFN2O. The van der Waals surface area contributed by atoms with Crippen LogP contribution < -0.4 is 0 Å². The van der Waals surface area contributed by atoms with Gasteiger partial charge in [0.25, 0.3) is 0 Å². The number of benzene rings is 1. The van der Waals surface area contributed by atoms with Crippen molar-refractivity contribution in [2.24, 2.45) is 7.05 Å². The van der Waals surface area contributed by atoms with Gasteiger partial charge >= 0.3 is 0 Å². The van der Waals surface area contributed by atoms with Gasteiger partial charge < -0.3 is 0 Å². The van der Waals surface area contributed by atoms with Crippen molar-refractivity contribution in [2.45, 2.75) is 6.42 Å². The van der Waals surface area contributed by atoms with Crippen molar-refractivity contribution in [3.8, 4) is 0 Å². The zero-order valence-electron chi connectivity index (χ0n) is 9.15. The number of aromatic nitrogens is 2. The lowest BCUT2D eigenvalue weighted by atomic mass is 10.1. The highest BCUT2D eigenvalue weighted by Crippen LogP contribution is 2.18. The molecule has 0 saturated carbocycles. The van der Waals surface area contributed by atoms with Crippen molar-refractivity contribution in [3.63, 3.8) is 0 Å². The fourth-order valence-corrected chi connectivity index (χ4v) is 1.69. The maximum atomic E-state index is 13.0. The van der Waals surface area contributed by atoms with E-state index >= 15 is 0 Å². The maximum absolute atomic E-state index is 13.0. The number of rotatable bonds is 3. The molecule has 0 radical (unpaired) electrons. The molecule has 5 heteroatoms. The highest BCUT2D eigenvalue weighted by atomic mass is 35.5. The molecule has 0 atom stereocenters. The first-order valence-electron chi connectivity index (χ1n) is 5.03. The number of halogens is 2. The second-order valence-corrected chi connectivity index (χ2v) is 4.12. The van der Waals surface area contributed by atoms with Crippen LogP contribution in [0.1, 0.15) is 16.1 Å². The molecular weight excluding hydrogens is 243 g/mol. The number of carbonyl (C=O) groups is 1. The summed E-state index contributed by atoms with van der Waals surface area (Å²) in [6.45, 7) is 0. The minimum atomic E-state index is -0.404. The van der Waals surface area contributed by atoms with Gasteiger partial charge in [0.2, 0.25) is 0 Å². The number of nitrogens with zero attached hydrogens (tertiary/aromatic N) is 2. The largest absolute Gasteiger partial charge is 0.292 e. The molecule has 2 aromatic rings. The molecule has 0 aliphatic heterocycles. The Morgan fingerprint density at radius 2 is 2.24 bits per heavy atom. The second-order valence-electron chi connectivity index (χ2n) is 3.71. The van der Waals surface area contributed by atoms with Crippen molar-refractivity contribution in [2.75, 3.05) is 0 Å². The van der Waals surface area contributed by atoms with E-state index in [9.17, 15) is 9.18 Å². The Hall–Kier alpha value is -1.68. The van der Waals surface area contributed by atoms with Crippen LogP contribution in [0.15, 0.2) is 30.5 Å². The Bertz CT molecular complexity index is 565. The molecule has 0 bridgehead atoms. The maximum Gasteiger partial charge on any atom is 0.187 e. The van der Waals surface area contributed by atoms with Crippen LogP contribution in [0.3, 0.4) is 0 Å². The first-order valence-corrected chi connectivity index (χ1v) is 5.41. The normalized spacial score (nSPS) is 10.5. The van der Waals surface area contributed by atoms with Gasteiger partial charge in [-0.05, 0) is 29.8 Å². The van der Waals surface area contributed by atoms with E-state index in [2.05, 4.69) is 5.10 Å². The van der Waals surface area contributed by atoms with Gasteiger partial charge in [0, 0.05) is 24.7 Å². The summed E-state index contributed by atoms with van der Waals surface area (Å²) in [5.41, 5.74) is 0.829. The van der Waals surface area contributed by atoms with E-state index in [0.29, 0.717) is 16.3 Å². The van der Waals surface area contributed by atoms with Crippen LogP contribution in [0.2, 0.25) is 5.02 Å². The number of hydrogen-bond donors (Lipinski definition) is 0. The first kappa shape index (κ1) is 11.8. The van der Waals surface area contributed by atoms with Gasteiger partial charge in [-0.15, -0.1) is 0 Å². The average Bonchev–Trinajstić information content (AvgIpc) is 2.70. The van der Waals surface area contributed by atoms with Crippen molar-refractivity contribution in [1.82, 2.24) is 9.78 Å². The van der Waals surface area contributed by atoms with Crippen molar-refractivity contribution >= 4 is 17.4 Å². The molecule has 0 amide bonds. The van der Waals surface area contributed by atoms with Crippen LogP contribution >= 0.6 is 11.6 Å². The molecule has 1 aromatic carbocycles. The molecule has 0 aliphatic carbocycles. The number of hydrogen-bond acceptors (Lipinski definition) is 2. The monoisotopic (exact) mass is 252 g/mol. The lowest BCUT2D eigenvalue weighted by Gasteiger charge is -2.02. The minimum Gasteiger partial charge on any atom is -0.292 e. The van der Waals surface area contributed by atoms with Gasteiger partial charge in [0.05, 0.1) is 0 Å². The summed E-state index contributed by atoms with van der Waals surface area (Å²) in [4.78, 5) is 11.8. The summed E-state index contributed by atoms with van der Waals surface area (Å²) in [6.07, 6.45) is 1.73. The zero-order chi connectivity index (χ0) is 12.4. The summed E-state index contributed by atoms with van der Waals surface area (Å²) in [6, 6.07) is 5.59. The van der Waals surface area contributed by atoms with E-state index < -0.39 is 5.82 Å². The molecule has 88 valence electrons. The lowest BCUT2D eigenvalue weighted by molar-refractivity contribution is 0.0987. The SMILES string of the molecule is Cn1ccc(C(=O)Cc2cc(F)ccc2Cl)n1. The summed E-state index contributed by atoms with van der Waals surface area (Å²) < 4.78 is 14.6. The topological polar surface area (TPSA) is 34.9 Å². The highest BCUT2D eigenvalue weighted by molar-refractivity contribution is 6.31. The predicted molar refractivity (Wildman–Crippen MR) is 62.7 cm³/mol. The fourth-order valence-electron chi connectivity index (χ4n) is 1.51. The molecule has 1 aromatic heterocycles. The van der Waals surface area contributed by atoms with E-state index in [4.69, 9.17) is 11.6 Å². The van der Waals surface area contributed by atoms with E-state index in [1.54, 1.807) is 24.0 Å². The van der Waals surface area contributed by atoms with E-state index in [1.165, 1.54) is 18.2 Å². The van der Waals surface area contributed by atoms with Crippen molar-refractivity contribution in [3.05, 3.63) is 52.6 Å². The molecule has 2 rings (SSSR count). The molecule has 0 spiro atoms. The third-order valence-electron chi connectivity index (χ3n) is 2.36. The van der Waals surface area contributed by atoms with E-state index in [0.717, 1.165) is 0 Å². The second kappa shape index (κ2) is 4.67. The molecule has 17 heavy (non-hydrogen) atoms. The van der Waals surface area contributed by atoms with Crippen LogP contribution in [0.4, 0.5) is 4.39 Å². The quantitative estimate of drug-likeness (QED) is 0.787. The molecule has 0 saturated heterocycles. The summed E-state index contributed by atoms with van der Waals surface area (Å²) in [5, 5.41) is 4.37. The summed E-state index contributed by atoms with van der Waals surface area (Å²) in [7, 11) is 1.73. The smallest absolute Gasteiger partial charge is 0.187 e. The van der Waals surface area contributed by atoms with Gasteiger partial charge in [-0.25, -0.2) is 4.39 Å². The molecule has 1 heterocycles. The standard InChI is InChI=1S/C12H10ClFN2O/c1-16-5-4-11(15-16)12(17)7-8-6-9(14)2-3-10(8)13/h2-6H,7H2,1H3. The molecule has 0 aliphatic rings. The van der Waals surface area contributed by atoms with Crippen LogP contribution in [0.25, 0.3) is 0 Å². The van der Waals surface area contributed by atoms with E-state index in [1.807, 2.05) is 0 Å². The van der Waals surface area contributed by atoms with Crippen LogP contribution in [-0.4, -0.2) is 15.6 Å². The number of ketones is 1. The summed E-state index contributed by atoms with van der Waals surface area (Å²) in [5.74, 6) is -0.587. The number of Topliss-reactive ketones (excluding diaryl/α,β-unsaturated/α-hetero) is 1. The van der Waals surface area contributed by atoms with E-state index in [-0.39, 0.29) is 12.2 Å². The average molecular weight is 253 g/mol. The third kappa shape index (κ3) is 2.71. The van der Waals surface area contributed by atoms with Crippen LogP contribution in [-0.2, 0) is 13.5 Å². The Labute approximate surface area is 103 Å². The lowest BCUT2D eigenvalue weighted by Crippen LogP contribution is -2.06. The Morgan fingerprint density at radius 1 is 1.47 bits per heavy atom. The highest BCUT2D eigenvalue weighted by Gasteiger charge is 2.12. The van der Waals surface area contributed by atoms with Crippen molar-refractivity contribution < 1.29 is 9.18 Å². The number of aryl methyl sites for hydroxylation is 1. The molecule has 0 unspecified atom stereocenters. The third-order valence-corrected chi connectivity index (χ3v) is 2.73. The molecule has 0 fully saturated rings. The summed E-state index contributed by atoms with van der Waals surface area (Å²) >= 11 is 5.89. The molecule has 0 N–H and O–H groups in total. The van der Waals surface area contributed by atoms with Gasteiger partial charge in [-0.2, -0.15) is 5.10 Å². The first-order chi connectivity index (χ1) is 8.06. The van der Waals surface area contributed by atoms with Gasteiger partial charge in [-0.3, -0.25) is 9.48 Å². The number of carbonyl (C=O) groups excluding carboxylic acids is 1. The van der Waals surface area contributed by atoms with Crippen LogP contribution in [0, 0.1) is 5.82 Å². The Balaban J connectivity index is 2.21. The Morgan fingerprint density at radius 3 is 2.88 bits per heavy atom. The minimum absolute atomic E-state index is 0.0492.